The lowest BCUT2D eigenvalue weighted by Crippen LogP contribution is -2.45. The van der Waals surface area contributed by atoms with Gasteiger partial charge in [-0.3, -0.25) is 4.79 Å². The Balaban J connectivity index is 2.06. The van der Waals surface area contributed by atoms with E-state index in [2.05, 4.69) is 24.1 Å². The van der Waals surface area contributed by atoms with E-state index in [1.165, 1.54) is 57.8 Å². The fourth-order valence-electron chi connectivity index (χ4n) is 3.00. The Morgan fingerprint density at radius 3 is 2.19 bits per heavy atom. The largest absolute Gasteiger partial charge is 0.341 e. The maximum Gasteiger partial charge on any atom is 0.239 e. The van der Waals surface area contributed by atoms with Crippen LogP contribution in [0.15, 0.2) is 0 Å². The van der Waals surface area contributed by atoms with E-state index in [4.69, 9.17) is 0 Å². The zero-order valence-corrected chi connectivity index (χ0v) is 14.5. The first kappa shape index (κ1) is 18.5. The predicted octanol–water partition coefficient (Wildman–Crippen LogP) is 3.97. The molecule has 1 aliphatic rings. The molecule has 3 heteroatoms. The summed E-state index contributed by atoms with van der Waals surface area (Å²) in [5, 5.41) is 3.41. The van der Waals surface area contributed by atoms with Crippen LogP contribution >= 0.6 is 0 Å². The van der Waals surface area contributed by atoms with Crippen LogP contribution in [0.5, 0.6) is 0 Å². The Labute approximate surface area is 131 Å². The zero-order valence-electron chi connectivity index (χ0n) is 14.5. The molecule has 0 aliphatic carbocycles. The Bertz CT molecular complexity index is 270. The molecule has 1 heterocycles. The summed E-state index contributed by atoms with van der Waals surface area (Å²) in [7, 11) is 0. The average Bonchev–Trinajstić information content (AvgIpc) is 2.74. The molecule has 21 heavy (non-hydrogen) atoms. The molecule has 1 amide bonds. The highest BCUT2D eigenvalue weighted by molar-refractivity contribution is 5.81. The van der Waals surface area contributed by atoms with Gasteiger partial charge in [-0.2, -0.15) is 0 Å². The van der Waals surface area contributed by atoms with Gasteiger partial charge in [0.2, 0.25) is 5.91 Å². The second kappa shape index (κ2) is 11.1. The van der Waals surface area contributed by atoms with Gasteiger partial charge in [-0.1, -0.05) is 52.4 Å². The van der Waals surface area contributed by atoms with E-state index < -0.39 is 0 Å². The number of carbonyl (C=O) groups excluding carboxylic acids is 1. The molecule has 1 saturated heterocycles. The van der Waals surface area contributed by atoms with Crippen molar-refractivity contribution in [3.8, 4) is 0 Å². The fraction of sp³-hybridized carbons (Fsp3) is 0.944. The normalized spacial score (nSPS) is 17.8. The molecular weight excluding hydrogens is 260 g/mol. The molecule has 0 aromatic carbocycles. The first-order chi connectivity index (χ1) is 10.1. The molecule has 0 saturated carbocycles. The lowest BCUT2D eigenvalue weighted by Gasteiger charge is -2.24. The van der Waals surface area contributed by atoms with Gasteiger partial charge in [0.25, 0.3) is 0 Å². The number of nitrogens with zero attached hydrogens (tertiary/aromatic N) is 1. The van der Waals surface area contributed by atoms with Crippen molar-refractivity contribution in [3.05, 3.63) is 0 Å². The van der Waals surface area contributed by atoms with Gasteiger partial charge in [-0.15, -0.1) is 0 Å². The molecule has 124 valence electrons. The summed E-state index contributed by atoms with van der Waals surface area (Å²) in [5.74, 6) is 1.13. The predicted molar refractivity (Wildman–Crippen MR) is 90.4 cm³/mol. The van der Waals surface area contributed by atoms with E-state index in [9.17, 15) is 4.79 Å². The van der Waals surface area contributed by atoms with E-state index >= 15 is 0 Å². The second-order valence-corrected chi connectivity index (χ2v) is 7.01. The number of nitrogens with one attached hydrogen (secondary N) is 1. The summed E-state index contributed by atoms with van der Waals surface area (Å²) >= 11 is 0. The highest BCUT2D eigenvalue weighted by Gasteiger charge is 2.20. The summed E-state index contributed by atoms with van der Waals surface area (Å²) in [6.45, 7) is 9.49. The first-order valence-corrected chi connectivity index (χ1v) is 9.13. The Hall–Kier alpha value is -0.570. The minimum absolute atomic E-state index is 0.0150. The molecule has 0 spiro atoms. The summed E-state index contributed by atoms with van der Waals surface area (Å²) in [5.41, 5.74) is 0. The molecule has 0 aromatic rings. The van der Waals surface area contributed by atoms with Gasteiger partial charge >= 0.3 is 0 Å². The van der Waals surface area contributed by atoms with Crippen molar-refractivity contribution in [2.45, 2.75) is 84.6 Å². The molecule has 0 radical (unpaired) electrons. The van der Waals surface area contributed by atoms with Crippen LogP contribution in [0.1, 0.15) is 78.6 Å². The van der Waals surface area contributed by atoms with E-state index in [-0.39, 0.29) is 6.04 Å². The van der Waals surface area contributed by atoms with Crippen LogP contribution in [0.4, 0.5) is 0 Å². The lowest BCUT2D eigenvalue weighted by molar-refractivity contribution is -0.133. The first-order valence-electron chi connectivity index (χ1n) is 9.13. The smallest absolute Gasteiger partial charge is 0.239 e. The SMILES string of the molecule is CC(C)CCCCCCNC(C)C(=O)N1CCCCCC1. The third kappa shape index (κ3) is 8.45. The van der Waals surface area contributed by atoms with E-state index in [1.807, 2.05) is 6.92 Å². The molecule has 1 aliphatic heterocycles. The van der Waals surface area contributed by atoms with Crippen LogP contribution in [0.3, 0.4) is 0 Å². The van der Waals surface area contributed by atoms with Crippen LogP contribution in [-0.2, 0) is 4.79 Å². The third-order valence-electron chi connectivity index (χ3n) is 4.45. The maximum atomic E-state index is 12.4. The topological polar surface area (TPSA) is 32.3 Å². The van der Waals surface area contributed by atoms with Crippen LogP contribution in [0, 0.1) is 5.92 Å². The number of amides is 1. The summed E-state index contributed by atoms with van der Waals surface area (Å²) in [4.78, 5) is 14.4. The number of hydrogen-bond donors (Lipinski definition) is 1. The highest BCUT2D eigenvalue weighted by atomic mass is 16.2. The van der Waals surface area contributed by atoms with Crippen molar-refractivity contribution in [1.29, 1.82) is 0 Å². The summed E-state index contributed by atoms with van der Waals surface area (Å²) in [6, 6.07) is -0.0150. The van der Waals surface area contributed by atoms with Crippen LogP contribution in [0.25, 0.3) is 0 Å². The van der Waals surface area contributed by atoms with Crippen LogP contribution < -0.4 is 5.32 Å². The molecule has 0 aromatic heterocycles. The van der Waals surface area contributed by atoms with Crippen molar-refractivity contribution in [2.24, 2.45) is 5.92 Å². The van der Waals surface area contributed by atoms with Gasteiger partial charge in [-0.05, 0) is 38.6 Å². The minimum Gasteiger partial charge on any atom is -0.341 e. The summed E-state index contributed by atoms with van der Waals surface area (Å²) < 4.78 is 0. The van der Waals surface area contributed by atoms with Crippen molar-refractivity contribution in [3.63, 3.8) is 0 Å². The fourth-order valence-corrected chi connectivity index (χ4v) is 3.00. The van der Waals surface area contributed by atoms with Crippen LogP contribution in [-0.4, -0.2) is 36.5 Å². The number of unbranched alkanes of at least 4 members (excludes halogenated alkanes) is 3. The Morgan fingerprint density at radius 1 is 0.952 bits per heavy atom. The van der Waals surface area contributed by atoms with E-state index in [1.54, 1.807) is 0 Å². The monoisotopic (exact) mass is 296 g/mol. The maximum absolute atomic E-state index is 12.4. The van der Waals surface area contributed by atoms with Gasteiger partial charge in [0.15, 0.2) is 0 Å². The number of likely N-dealkylation sites (tertiary alicyclic amines) is 1. The molecule has 1 rings (SSSR count). The van der Waals surface area contributed by atoms with Crippen molar-refractivity contribution in [2.75, 3.05) is 19.6 Å². The zero-order chi connectivity index (χ0) is 15.5. The third-order valence-corrected chi connectivity index (χ3v) is 4.45. The van der Waals surface area contributed by atoms with Gasteiger partial charge in [-0.25, -0.2) is 0 Å². The molecule has 1 unspecified atom stereocenters. The minimum atomic E-state index is -0.0150. The lowest BCUT2D eigenvalue weighted by atomic mass is 10.0. The van der Waals surface area contributed by atoms with Gasteiger partial charge in [0.05, 0.1) is 6.04 Å². The molecule has 1 N–H and O–H groups in total. The molecule has 1 atom stereocenters. The number of carbonyl (C=O) groups is 1. The standard InChI is InChI=1S/C18H36N2O/c1-16(2)12-8-4-5-9-13-19-17(3)18(21)20-14-10-6-7-11-15-20/h16-17,19H,4-15H2,1-3H3. The molecular formula is C18H36N2O. The summed E-state index contributed by atoms with van der Waals surface area (Å²) in [6.07, 6.45) is 11.4. The quantitative estimate of drug-likeness (QED) is 0.653. The molecule has 0 bridgehead atoms. The molecule has 3 nitrogen and oxygen atoms in total. The molecule has 1 fully saturated rings. The van der Waals surface area contributed by atoms with E-state index in [0.29, 0.717) is 5.91 Å². The Kier molecular flexibility index (Phi) is 9.73. The van der Waals surface area contributed by atoms with Gasteiger partial charge in [0.1, 0.15) is 0 Å². The van der Waals surface area contributed by atoms with Crippen molar-refractivity contribution < 1.29 is 4.79 Å². The van der Waals surface area contributed by atoms with Crippen LogP contribution in [0.2, 0.25) is 0 Å². The van der Waals surface area contributed by atoms with E-state index in [0.717, 1.165) is 25.6 Å². The van der Waals surface area contributed by atoms with Gasteiger partial charge in [0, 0.05) is 13.1 Å². The van der Waals surface area contributed by atoms with Crippen molar-refractivity contribution in [1.82, 2.24) is 10.2 Å². The number of hydrogen-bond acceptors (Lipinski definition) is 2. The van der Waals surface area contributed by atoms with Crippen molar-refractivity contribution >= 4 is 5.91 Å². The number of rotatable bonds is 9. The Morgan fingerprint density at radius 2 is 1.57 bits per heavy atom. The second-order valence-electron chi connectivity index (χ2n) is 7.01. The average molecular weight is 296 g/mol. The highest BCUT2D eigenvalue weighted by Crippen LogP contribution is 2.11. The van der Waals surface area contributed by atoms with Gasteiger partial charge < -0.3 is 10.2 Å².